The highest BCUT2D eigenvalue weighted by Gasteiger charge is 2.24. The van der Waals surface area contributed by atoms with Gasteiger partial charge in [0.05, 0.1) is 19.0 Å². The number of para-hydroxylation sites is 1. The van der Waals surface area contributed by atoms with Crippen LogP contribution in [0.4, 0.5) is 4.39 Å². The monoisotopic (exact) mass is 395 g/mol. The zero-order chi connectivity index (χ0) is 20.2. The van der Waals surface area contributed by atoms with Crippen molar-refractivity contribution in [2.45, 2.75) is 6.54 Å². The van der Waals surface area contributed by atoms with Crippen LogP contribution in [-0.4, -0.2) is 64.0 Å². The van der Waals surface area contributed by atoms with Crippen molar-refractivity contribution < 1.29 is 13.9 Å². The SMILES string of the molecule is COc1ccc(CN2CCN(C(=O)c3cnn(-c4ccccc4)n3)CC2)cc1F. The number of aromatic nitrogens is 3. The van der Waals surface area contributed by atoms with E-state index < -0.39 is 0 Å². The summed E-state index contributed by atoms with van der Waals surface area (Å²) in [6.07, 6.45) is 1.50. The van der Waals surface area contributed by atoms with E-state index in [-0.39, 0.29) is 17.5 Å². The number of benzene rings is 2. The number of amides is 1. The Bertz CT molecular complexity index is 984. The number of hydrogen-bond donors (Lipinski definition) is 0. The lowest BCUT2D eigenvalue weighted by Crippen LogP contribution is -2.48. The Morgan fingerprint density at radius 2 is 1.86 bits per heavy atom. The lowest BCUT2D eigenvalue weighted by Gasteiger charge is -2.34. The molecule has 1 aliphatic rings. The number of nitrogens with zero attached hydrogens (tertiary/aromatic N) is 5. The Labute approximate surface area is 168 Å². The smallest absolute Gasteiger partial charge is 0.276 e. The fourth-order valence-corrected chi connectivity index (χ4v) is 3.38. The van der Waals surface area contributed by atoms with Gasteiger partial charge in [-0.1, -0.05) is 24.3 Å². The molecule has 8 heteroatoms. The van der Waals surface area contributed by atoms with Gasteiger partial charge in [-0.2, -0.15) is 9.90 Å². The van der Waals surface area contributed by atoms with Crippen molar-refractivity contribution in [1.29, 1.82) is 0 Å². The molecule has 3 aromatic rings. The van der Waals surface area contributed by atoms with E-state index in [0.717, 1.165) is 11.3 Å². The van der Waals surface area contributed by atoms with E-state index >= 15 is 0 Å². The van der Waals surface area contributed by atoms with Crippen LogP contribution in [-0.2, 0) is 6.54 Å². The molecule has 0 atom stereocenters. The summed E-state index contributed by atoms with van der Waals surface area (Å²) in [7, 11) is 1.45. The van der Waals surface area contributed by atoms with Crippen LogP contribution in [0.5, 0.6) is 5.75 Å². The fraction of sp³-hybridized carbons (Fsp3) is 0.286. The molecule has 1 saturated heterocycles. The molecule has 0 bridgehead atoms. The van der Waals surface area contributed by atoms with E-state index in [1.165, 1.54) is 24.2 Å². The van der Waals surface area contributed by atoms with E-state index in [1.54, 1.807) is 11.0 Å². The Balaban J connectivity index is 1.34. The highest BCUT2D eigenvalue weighted by atomic mass is 19.1. The number of methoxy groups -OCH3 is 1. The van der Waals surface area contributed by atoms with Gasteiger partial charge in [-0.05, 0) is 29.8 Å². The van der Waals surface area contributed by atoms with Gasteiger partial charge >= 0.3 is 0 Å². The number of rotatable bonds is 5. The van der Waals surface area contributed by atoms with Gasteiger partial charge < -0.3 is 9.64 Å². The Kier molecular flexibility index (Phi) is 5.53. The molecular weight excluding hydrogens is 373 g/mol. The maximum absolute atomic E-state index is 13.9. The second-order valence-corrected chi connectivity index (χ2v) is 6.89. The molecule has 150 valence electrons. The van der Waals surface area contributed by atoms with Crippen LogP contribution in [0.3, 0.4) is 0 Å². The van der Waals surface area contributed by atoms with Crippen LogP contribution < -0.4 is 4.74 Å². The van der Waals surface area contributed by atoms with Crippen LogP contribution >= 0.6 is 0 Å². The number of halogens is 1. The second kappa shape index (κ2) is 8.40. The third-order valence-electron chi connectivity index (χ3n) is 4.98. The predicted octanol–water partition coefficient (Wildman–Crippen LogP) is 2.37. The first-order chi connectivity index (χ1) is 14.1. The molecule has 0 spiro atoms. The molecule has 4 rings (SSSR count). The minimum absolute atomic E-state index is 0.123. The highest BCUT2D eigenvalue weighted by molar-refractivity contribution is 5.92. The largest absolute Gasteiger partial charge is 0.494 e. The Morgan fingerprint density at radius 3 is 2.55 bits per heavy atom. The van der Waals surface area contributed by atoms with Gasteiger partial charge in [-0.15, -0.1) is 5.10 Å². The normalized spacial score (nSPS) is 14.8. The van der Waals surface area contributed by atoms with Gasteiger partial charge in [0.2, 0.25) is 0 Å². The standard InChI is InChI=1S/C21H22FN5O2/c1-29-20-8-7-16(13-18(20)22)15-25-9-11-26(12-10-25)21(28)19-14-23-27(24-19)17-5-3-2-4-6-17/h2-8,13-14H,9-12,15H2,1H3. The third kappa shape index (κ3) is 4.27. The van der Waals surface area contributed by atoms with Gasteiger partial charge in [0.25, 0.3) is 5.91 Å². The number of carbonyl (C=O) groups is 1. The van der Waals surface area contributed by atoms with Crippen LogP contribution in [0, 0.1) is 5.82 Å². The van der Waals surface area contributed by atoms with Crippen LogP contribution in [0.25, 0.3) is 5.69 Å². The van der Waals surface area contributed by atoms with Gasteiger partial charge in [-0.25, -0.2) is 4.39 Å². The van der Waals surface area contributed by atoms with Crippen molar-refractivity contribution in [2.75, 3.05) is 33.3 Å². The molecular formula is C21H22FN5O2. The molecule has 0 unspecified atom stereocenters. The number of ether oxygens (including phenoxy) is 1. The van der Waals surface area contributed by atoms with E-state index in [9.17, 15) is 9.18 Å². The minimum Gasteiger partial charge on any atom is -0.494 e. The van der Waals surface area contributed by atoms with Crippen molar-refractivity contribution in [3.05, 3.63) is 71.8 Å². The van der Waals surface area contributed by atoms with E-state index in [2.05, 4.69) is 15.1 Å². The van der Waals surface area contributed by atoms with Crippen LogP contribution in [0.2, 0.25) is 0 Å². The summed E-state index contributed by atoms with van der Waals surface area (Å²) in [6.45, 7) is 3.25. The molecule has 1 aliphatic heterocycles. The summed E-state index contributed by atoms with van der Waals surface area (Å²) >= 11 is 0. The van der Waals surface area contributed by atoms with Crippen molar-refractivity contribution in [3.8, 4) is 11.4 Å². The second-order valence-electron chi connectivity index (χ2n) is 6.89. The highest BCUT2D eigenvalue weighted by Crippen LogP contribution is 2.19. The molecule has 1 aromatic heterocycles. The van der Waals surface area contributed by atoms with Crippen LogP contribution in [0.1, 0.15) is 16.1 Å². The van der Waals surface area contributed by atoms with Gasteiger partial charge in [0.15, 0.2) is 17.3 Å². The van der Waals surface area contributed by atoms with Crippen molar-refractivity contribution in [2.24, 2.45) is 0 Å². The summed E-state index contributed by atoms with van der Waals surface area (Å²) in [5.41, 5.74) is 2.02. The van der Waals surface area contributed by atoms with E-state index in [1.807, 2.05) is 36.4 Å². The number of piperazine rings is 1. The van der Waals surface area contributed by atoms with Gasteiger partial charge in [0.1, 0.15) is 0 Å². The Morgan fingerprint density at radius 1 is 1.10 bits per heavy atom. The topological polar surface area (TPSA) is 63.5 Å². The average molecular weight is 395 g/mol. The summed E-state index contributed by atoms with van der Waals surface area (Å²) in [4.78, 5) is 18.2. The zero-order valence-electron chi connectivity index (χ0n) is 16.2. The lowest BCUT2D eigenvalue weighted by atomic mass is 10.1. The zero-order valence-corrected chi connectivity index (χ0v) is 16.2. The molecule has 2 heterocycles. The van der Waals surface area contributed by atoms with Crippen LogP contribution in [0.15, 0.2) is 54.7 Å². The first kappa shape index (κ1) is 19.1. The molecule has 0 saturated carbocycles. The van der Waals surface area contributed by atoms with E-state index in [0.29, 0.717) is 38.4 Å². The van der Waals surface area contributed by atoms with E-state index in [4.69, 9.17) is 4.74 Å². The fourth-order valence-electron chi connectivity index (χ4n) is 3.38. The summed E-state index contributed by atoms with van der Waals surface area (Å²) in [5, 5.41) is 8.51. The average Bonchev–Trinajstić information content (AvgIpc) is 3.25. The molecule has 1 amide bonds. The first-order valence-corrected chi connectivity index (χ1v) is 9.46. The molecule has 0 N–H and O–H groups in total. The summed E-state index contributed by atoms with van der Waals surface area (Å²) in [6, 6.07) is 14.5. The van der Waals surface area contributed by atoms with Crippen molar-refractivity contribution in [1.82, 2.24) is 24.8 Å². The maximum Gasteiger partial charge on any atom is 0.276 e. The molecule has 29 heavy (non-hydrogen) atoms. The first-order valence-electron chi connectivity index (χ1n) is 9.46. The minimum atomic E-state index is -0.361. The summed E-state index contributed by atoms with van der Waals surface area (Å²) in [5.74, 6) is -0.240. The number of hydrogen-bond acceptors (Lipinski definition) is 5. The molecule has 1 fully saturated rings. The molecule has 0 aliphatic carbocycles. The molecule has 7 nitrogen and oxygen atoms in total. The lowest BCUT2D eigenvalue weighted by molar-refractivity contribution is 0.0622. The van der Waals surface area contributed by atoms with Gasteiger partial charge in [-0.3, -0.25) is 9.69 Å². The quantitative estimate of drug-likeness (QED) is 0.664. The van der Waals surface area contributed by atoms with Gasteiger partial charge in [0, 0.05) is 32.7 Å². The maximum atomic E-state index is 13.9. The predicted molar refractivity (Wildman–Crippen MR) is 105 cm³/mol. The number of carbonyl (C=O) groups excluding carboxylic acids is 1. The molecule has 0 radical (unpaired) electrons. The van der Waals surface area contributed by atoms with Crippen molar-refractivity contribution >= 4 is 5.91 Å². The Hall–Kier alpha value is -3.26. The third-order valence-corrected chi connectivity index (χ3v) is 4.98. The summed E-state index contributed by atoms with van der Waals surface area (Å²) < 4.78 is 18.8. The van der Waals surface area contributed by atoms with Crippen molar-refractivity contribution in [3.63, 3.8) is 0 Å². The molecule has 2 aromatic carbocycles.